The van der Waals surface area contributed by atoms with E-state index in [-0.39, 0.29) is 0 Å². The minimum atomic E-state index is -4.38. The zero-order valence-electron chi connectivity index (χ0n) is 10.5. The van der Waals surface area contributed by atoms with Gasteiger partial charge in [0.15, 0.2) is 0 Å². The van der Waals surface area contributed by atoms with Gasteiger partial charge >= 0.3 is 6.18 Å². The molecule has 0 aliphatic heterocycles. The molecular formula is C12H20F3N. The predicted octanol–water partition coefficient (Wildman–Crippen LogP) is 4.91. The fourth-order valence-corrected chi connectivity index (χ4v) is 0.639. The second-order valence-electron chi connectivity index (χ2n) is 3.03. The van der Waals surface area contributed by atoms with Gasteiger partial charge in [0.2, 0.25) is 0 Å². The highest BCUT2D eigenvalue weighted by Crippen LogP contribution is 2.18. The molecule has 0 aliphatic carbocycles. The van der Waals surface area contributed by atoms with Crippen molar-refractivity contribution in [1.29, 1.82) is 0 Å². The van der Waals surface area contributed by atoms with E-state index in [9.17, 15) is 13.2 Å². The average molecular weight is 235 g/mol. The standard InChI is InChI=1S/C10H14F3N.C2H6/c1-4-5-6-9(10(11,12)13)14-7-8(2)3;1-2/h5-7H,4H2,1-3H3;1-2H3/b6-5+,14-9?;. The number of halogens is 3. The number of allylic oxidation sites excluding steroid dienone is 3. The van der Waals surface area contributed by atoms with Crippen LogP contribution in [0.5, 0.6) is 0 Å². The first-order valence-corrected chi connectivity index (χ1v) is 5.32. The minimum absolute atomic E-state index is 0.559. The number of aliphatic imine (C=N–C) groups is 1. The minimum Gasteiger partial charge on any atom is -0.252 e. The third-order valence-corrected chi connectivity index (χ3v) is 1.26. The molecule has 0 aromatic rings. The molecule has 0 amide bonds. The molecule has 0 aromatic carbocycles. The molecule has 0 atom stereocenters. The molecule has 0 heterocycles. The number of hydrogen-bond acceptors (Lipinski definition) is 1. The third-order valence-electron chi connectivity index (χ3n) is 1.26. The van der Waals surface area contributed by atoms with Crippen LogP contribution in [0.1, 0.15) is 41.0 Å². The van der Waals surface area contributed by atoms with Gasteiger partial charge in [-0.1, -0.05) is 32.4 Å². The van der Waals surface area contributed by atoms with Crippen LogP contribution < -0.4 is 0 Å². The molecule has 0 aromatic heterocycles. The normalized spacial score (nSPS) is 12.1. The lowest BCUT2D eigenvalue weighted by Gasteiger charge is -2.04. The van der Waals surface area contributed by atoms with E-state index in [0.717, 1.165) is 11.6 Å². The molecule has 0 N–H and O–H groups in total. The topological polar surface area (TPSA) is 12.4 Å². The molecule has 1 nitrogen and oxygen atoms in total. The zero-order chi connectivity index (χ0) is 13.2. The first kappa shape index (κ1) is 17.3. The fourth-order valence-electron chi connectivity index (χ4n) is 0.639. The highest BCUT2D eigenvalue weighted by molar-refractivity contribution is 5.99. The fraction of sp³-hybridized carbons (Fsp3) is 0.583. The zero-order valence-corrected chi connectivity index (χ0v) is 10.5. The quantitative estimate of drug-likeness (QED) is 0.616. The van der Waals surface area contributed by atoms with E-state index in [4.69, 9.17) is 0 Å². The summed E-state index contributed by atoms with van der Waals surface area (Å²) in [5.41, 5.74) is -0.128. The number of rotatable bonds is 3. The van der Waals surface area contributed by atoms with E-state index in [1.807, 2.05) is 13.8 Å². The second kappa shape index (κ2) is 9.19. The molecule has 16 heavy (non-hydrogen) atoms. The van der Waals surface area contributed by atoms with E-state index in [1.165, 1.54) is 12.3 Å². The molecule has 0 spiro atoms. The smallest absolute Gasteiger partial charge is 0.252 e. The highest BCUT2D eigenvalue weighted by atomic mass is 19.4. The van der Waals surface area contributed by atoms with Crippen LogP contribution in [-0.4, -0.2) is 11.9 Å². The summed E-state index contributed by atoms with van der Waals surface area (Å²) in [6.07, 6.45) is -0.172. The molecule has 0 rings (SSSR count). The van der Waals surface area contributed by atoms with Crippen LogP contribution in [0.4, 0.5) is 13.2 Å². The summed E-state index contributed by atoms with van der Waals surface area (Å²) in [4.78, 5) is 3.37. The molecule has 0 unspecified atom stereocenters. The lowest BCUT2D eigenvalue weighted by atomic mass is 10.3. The van der Waals surface area contributed by atoms with Gasteiger partial charge in [0.05, 0.1) is 0 Å². The molecule has 0 fully saturated rings. The van der Waals surface area contributed by atoms with Crippen LogP contribution in [0.3, 0.4) is 0 Å². The summed E-state index contributed by atoms with van der Waals surface area (Å²) in [5.74, 6) is 0. The Bertz CT molecular complexity index is 256. The van der Waals surface area contributed by atoms with Crippen molar-refractivity contribution in [1.82, 2.24) is 0 Å². The summed E-state index contributed by atoms with van der Waals surface area (Å²) < 4.78 is 36.8. The van der Waals surface area contributed by atoms with Gasteiger partial charge in [0.1, 0.15) is 5.71 Å². The third kappa shape index (κ3) is 9.49. The molecule has 0 radical (unpaired) electrons. The van der Waals surface area contributed by atoms with Crippen molar-refractivity contribution in [2.75, 3.05) is 0 Å². The predicted molar refractivity (Wildman–Crippen MR) is 63.7 cm³/mol. The van der Waals surface area contributed by atoms with Crippen molar-refractivity contribution in [2.24, 2.45) is 4.99 Å². The monoisotopic (exact) mass is 235 g/mol. The van der Waals surface area contributed by atoms with Gasteiger partial charge in [-0.25, -0.2) is 0 Å². The Labute approximate surface area is 95.8 Å². The highest BCUT2D eigenvalue weighted by Gasteiger charge is 2.33. The molecule has 94 valence electrons. The lowest BCUT2D eigenvalue weighted by molar-refractivity contribution is -0.0576. The van der Waals surface area contributed by atoms with E-state index < -0.39 is 11.9 Å². The first-order chi connectivity index (χ1) is 7.38. The average Bonchev–Trinajstić information content (AvgIpc) is 2.18. The van der Waals surface area contributed by atoms with Gasteiger partial charge in [0.25, 0.3) is 0 Å². The van der Waals surface area contributed by atoms with Crippen LogP contribution in [0, 0.1) is 0 Å². The van der Waals surface area contributed by atoms with Gasteiger partial charge in [-0.3, -0.25) is 4.99 Å². The molecule has 0 aliphatic rings. The molecule has 0 saturated heterocycles. The van der Waals surface area contributed by atoms with E-state index in [2.05, 4.69) is 4.99 Å². The lowest BCUT2D eigenvalue weighted by Crippen LogP contribution is -2.20. The summed E-state index contributed by atoms with van der Waals surface area (Å²) in [7, 11) is 0. The Morgan fingerprint density at radius 1 is 1.19 bits per heavy atom. The van der Waals surface area contributed by atoms with Gasteiger partial charge < -0.3 is 0 Å². The number of hydrogen-bond donors (Lipinski definition) is 0. The van der Waals surface area contributed by atoms with Crippen molar-refractivity contribution in [3.8, 4) is 0 Å². The summed E-state index contributed by atoms with van der Waals surface area (Å²) in [5, 5.41) is 0. The van der Waals surface area contributed by atoms with Gasteiger partial charge in [-0.2, -0.15) is 13.2 Å². The molecular weight excluding hydrogens is 215 g/mol. The maximum Gasteiger partial charge on any atom is 0.433 e. The maximum absolute atomic E-state index is 12.3. The van der Waals surface area contributed by atoms with Crippen molar-refractivity contribution in [3.05, 3.63) is 23.9 Å². The van der Waals surface area contributed by atoms with Gasteiger partial charge in [-0.05, 0) is 26.3 Å². The largest absolute Gasteiger partial charge is 0.433 e. The molecule has 4 heteroatoms. The van der Waals surface area contributed by atoms with E-state index in [0.29, 0.717) is 6.42 Å². The SMILES string of the molecule is CC.CC/C=C/C(=NC=C(C)C)C(F)(F)F. The molecule has 0 bridgehead atoms. The van der Waals surface area contributed by atoms with Gasteiger partial charge in [0, 0.05) is 6.20 Å². The number of alkyl halides is 3. The Balaban J connectivity index is 0. The summed E-state index contributed by atoms with van der Waals surface area (Å²) in [6.45, 7) is 9.16. The van der Waals surface area contributed by atoms with Crippen molar-refractivity contribution < 1.29 is 13.2 Å². The number of nitrogens with zero attached hydrogens (tertiary/aromatic N) is 1. The van der Waals surface area contributed by atoms with E-state index in [1.54, 1.807) is 20.8 Å². The van der Waals surface area contributed by atoms with Crippen molar-refractivity contribution in [3.63, 3.8) is 0 Å². The van der Waals surface area contributed by atoms with Crippen molar-refractivity contribution in [2.45, 2.75) is 47.2 Å². The summed E-state index contributed by atoms with van der Waals surface area (Å²) >= 11 is 0. The van der Waals surface area contributed by atoms with Crippen LogP contribution in [0.2, 0.25) is 0 Å². The van der Waals surface area contributed by atoms with Crippen LogP contribution in [-0.2, 0) is 0 Å². The van der Waals surface area contributed by atoms with E-state index >= 15 is 0 Å². The first-order valence-electron chi connectivity index (χ1n) is 5.32. The Morgan fingerprint density at radius 3 is 2.00 bits per heavy atom. The van der Waals surface area contributed by atoms with Gasteiger partial charge in [-0.15, -0.1) is 0 Å². The maximum atomic E-state index is 12.3. The van der Waals surface area contributed by atoms with Crippen LogP contribution in [0.15, 0.2) is 28.9 Å². The Morgan fingerprint density at radius 2 is 1.69 bits per heavy atom. The molecule has 0 saturated carbocycles. The Hall–Kier alpha value is -1.06. The second-order valence-corrected chi connectivity index (χ2v) is 3.03. The van der Waals surface area contributed by atoms with Crippen molar-refractivity contribution >= 4 is 5.71 Å². The van der Waals surface area contributed by atoms with Crippen LogP contribution in [0.25, 0.3) is 0 Å². The van der Waals surface area contributed by atoms with Crippen LogP contribution >= 0.6 is 0 Å². The summed E-state index contributed by atoms with van der Waals surface area (Å²) in [6, 6.07) is 0. The Kier molecular flexibility index (Phi) is 9.96.